The van der Waals surface area contributed by atoms with Crippen LogP contribution in [0.25, 0.3) is 0 Å². The van der Waals surface area contributed by atoms with Crippen LogP contribution in [-0.4, -0.2) is 71.2 Å². The van der Waals surface area contributed by atoms with E-state index in [0.29, 0.717) is 34.8 Å². The Balaban J connectivity index is 2.16. The van der Waals surface area contributed by atoms with E-state index in [1.54, 1.807) is 36.7 Å². The summed E-state index contributed by atoms with van der Waals surface area (Å²) in [6.07, 6.45) is 1.77. The highest BCUT2D eigenvalue weighted by atomic mass is 79.9. The zero-order valence-electron chi connectivity index (χ0n) is 14.4. The van der Waals surface area contributed by atoms with Crippen LogP contribution in [0.3, 0.4) is 0 Å². The molecule has 1 aromatic carbocycles. The summed E-state index contributed by atoms with van der Waals surface area (Å²) in [6.45, 7) is 2.70. The van der Waals surface area contributed by atoms with Crippen molar-refractivity contribution < 1.29 is 17.9 Å². The van der Waals surface area contributed by atoms with E-state index < -0.39 is 10.0 Å². The summed E-state index contributed by atoms with van der Waals surface area (Å²) < 4.78 is 38.6. The molecule has 1 aliphatic rings. The first kappa shape index (κ1) is 19.7. The van der Waals surface area contributed by atoms with Gasteiger partial charge in [0.1, 0.15) is 5.75 Å². The fourth-order valence-corrected chi connectivity index (χ4v) is 5.35. The predicted octanol–water partition coefficient (Wildman–Crippen LogP) is 2.19. The summed E-state index contributed by atoms with van der Waals surface area (Å²) in [6, 6.07) is 4.88. The number of methoxy groups -OCH3 is 2. The third-order valence-corrected chi connectivity index (χ3v) is 6.82. The lowest BCUT2D eigenvalue weighted by molar-refractivity contribution is 0.151. The highest BCUT2D eigenvalue weighted by Crippen LogP contribution is 2.31. The van der Waals surface area contributed by atoms with Gasteiger partial charge in [-0.1, -0.05) is 0 Å². The number of benzene rings is 1. The van der Waals surface area contributed by atoms with Gasteiger partial charge in [0, 0.05) is 32.8 Å². The summed E-state index contributed by atoms with van der Waals surface area (Å²) >= 11 is 3.36. The van der Waals surface area contributed by atoms with Gasteiger partial charge in [-0.25, -0.2) is 8.42 Å². The minimum absolute atomic E-state index is 0.00210. The predicted molar refractivity (Wildman–Crippen MR) is 97.0 cm³/mol. The highest BCUT2D eigenvalue weighted by molar-refractivity contribution is 9.10. The fourth-order valence-electron chi connectivity index (χ4n) is 2.95. The van der Waals surface area contributed by atoms with Crippen LogP contribution in [0, 0.1) is 0 Å². The Bertz CT molecular complexity index is 653. The number of ether oxygens (including phenoxy) is 2. The first-order chi connectivity index (χ1) is 11.4. The normalized spacial score (nSPS) is 19.1. The molecule has 1 unspecified atom stereocenters. The molecule has 1 fully saturated rings. The van der Waals surface area contributed by atoms with Crippen molar-refractivity contribution >= 4 is 26.0 Å². The van der Waals surface area contributed by atoms with E-state index in [1.807, 2.05) is 7.05 Å². The summed E-state index contributed by atoms with van der Waals surface area (Å²) in [5, 5.41) is 0. The number of hydrogen-bond donors (Lipinski definition) is 0. The lowest BCUT2D eigenvalue weighted by Gasteiger charge is -2.28. The molecule has 1 aromatic rings. The minimum atomic E-state index is -3.51. The monoisotopic (exact) mass is 420 g/mol. The van der Waals surface area contributed by atoms with Gasteiger partial charge in [0.25, 0.3) is 0 Å². The average molecular weight is 421 g/mol. The van der Waals surface area contributed by atoms with Gasteiger partial charge < -0.3 is 14.4 Å². The number of rotatable bonds is 8. The summed E-state index contributed by atoms with van der Waals surface area (Å²) in [5.41, 5.74) is 0. The smallest absolute Gasteiger partial charge is 0.243 e. The Labute approximate surface area is 152 Å². The molecule has 1 saturated heterocycles. The maximum Gasteiger partial charge on any atom is 0.243 e. The van der Waals surface area contributed by atoms with Crippen molar-refractivity contribution in [2.24, 2.45) is 0 Å². The molecule has 0 N–H and O–H groups in total. The Morgan fingerprint density at radius 3 is 2.75 bits per heavy atom. The maximum atomic E-state index is 13.0. The number of sulfonamides is 1. The zero-order chi connectivity index (χ0) is 17.7. The van der Waals surface area contributed by atoms with E-state index in [9.17, 15) is 8.42 Å². The van der Waals surface area contributed by atoms with Crippen LogP contribution in [0.2, 0.25) is 0 Å². The van der Waals surface area contributed by atoms with Crippen LogP contribution in [0.4, 0.5) is 0 Å². The van der Waals surface area contributed by atoms with Gasteiger partial charge in [-0.15, -0.1) is 0 Å². The highest BCUT2D eigenvalue weighted by Gasteiger charge is 2.35. The second kappa shape index (κ2) is 8.62. The number of likely N-dealkylation sites (N-methyl/N-ethyl adjacent to an activating group) is 1. The number of hydrogen-bond acceptors (Lipinski definition) is 5. The molecule has 8 heteroatoms. The fraction of sp³-hybridized carbons (Fsp3) is 0.625. The van der Waals surface area contributed by atoms with Gasteiger partial charge in [0.05, 0.1) is 23.1 Å². The quantitative estimate of drug-likeness (QED) is 0.644. The van der Waals surface area contributed by atoms with E-state index in [1.165, 1.54) is 0 Å². The van der Waals surface area contributed by atoms with Crippen LogP contribution in [0.5, 0.6) is 5.75 Å². The van der Waals surface area contributed by atoms with Gasteiger partial charge in [-0.3, -0.25) is 0 Å². The van der Waals surface area contributed by atoms with Gasteiger partial charge in [-0.05, 0) is 54.0 Å². The first-order valence-corrected chi connectivity index (χ1v) is 10.2. The molecule has 0 saturated carbocycles. The van der Waals surface area contributed by atoms with Crippen molar-refractivity contribution in [3.8, 4) is 5.75 Å². The number of nitrogens with zero attached hydrogens (tertiary/aromatic N) is 2. The van der Waals surface area contributed by atoms with E-state index in [2.05, 4.69) is 20.8 Å². The Morgan fingerprint density at radius 2 is 2.12 bits per heavy atom. The van der Waals surface area contributed by atoms with Crippen LogP contribution >= 0.6 is 15.9 Å². The van der Waals surface area contributed by atoms with E-state index >= 15 is 0 Å². The van der Waals surface area contributed by atoms with Gasteiger partial charge in [-0.2, -0.15) is 4.31 Å². The topological polar surface area (TPSA) is 59.1 Å². The zero-order valence-corrected chi connectivity index (χ0v) is 16.8. The summed E-state index contributed by atoms with van der Waals surface area (Å²) in [7, 11) is 1.71. The number of halogens is 1. The maximum absolute atomic E-state index is 13.0. The van der Waals surface area contributed by atoms with Crippen molar-refractivity contribution in [2.75, 3.05) is 47.5 Å². The molecule has 0 aliphatic carbocycles. The van der Waals surface area contributed by atoms with E-state index in [4.69, 9.17) is 9.47 Å². The average Bonchev–Trinajstić information content (AvgIpc) is 3.01. The second-order valence-corrected chi connectivity index (χ2v) is 8.71. The lowest BCUT2D eigenvalue weighted by Crippen LogP contribution is -2.42. The molecular weight excluding hydrogens is 396 g/mol. The Hall–Kier alpha value is -0.670. The molecule has 136 valence electrons. The largest absolute Gasteiger partial charge is 0.496 e. The lowest BCUT2D eigenvalue weighted by atomic mass is 10.2. The Kier molecular flexibility index (Phi) is 7.06. The summed E-state index contributed by atoms with van der Waals surface area (Å²) in [5.74, 6) is 0.617. The standard InChI is InChI=1S/C16H25BrN2O4S/c1-18(9-10-22-2)12-13-5-4-8-19(13)24(20,21)14-6-7-16(23-3)15(17)11-14/h6-7,11,13H,4-5,8-10,12H2,1-3H3. The summed E-state index contributed by atoms with van der Waals surface area (Å²) in [4.78, 5) is 2.41. The molecule has 1 aliphatic heterocycles. The molecule has 0 aromatic heterocycles. The molecule has 24 heavy (non-hydrogen) atoms. The van der Waals surface area contributed by atoms with Crippen LogP contribution in [-0.2, 0) is 14.8 Å². The molecule has 0 spiro atoms. The molecule has 6 nitrogen and oxygen atoms in total. The SMILES string of the molecule is COCCN(C)CC1CCCN1S(=O)(=O)c1ccc(OC)c(Br)c1. The van der Waals surface area contributed by atoms with Crippen molar-refractivity contribution in [1.29, 1.82) is 0 Å². The molecule has 1 heterocycles. The van der Waals surface area contributed by atoms with Crippen molar-refractivity contribution in [1.82, 2.24) is 9.21 Å². The first-order valence-electron chi connectivity index (χ1n) is 7.93. The molecular formula is C16H25BrN2O4S. The molecule has 0 bridgehead atoms. The van der Waals surface area contributed by atoms with Crippen LogP contribution < -0.4 is 4.74 Å². The van der Waals surface area contributed by atoms with Crippen LogP contribution in [0.15, 0.2) is 27.6 Å². The van der Waals surface area contributed by atoms with Crippen molar-refractivity contribution in [3.05, 3.63) is 22.7 Å². The van der Waals surface area contributed by atoms with Crippen molar-refractivity contribution in [3.63, 3.8) is 0 Å². The second-order valence-electron chi connectivity index (χ2n) is 5.96. The third kappa shape index (κ3) is 4.49. The minimum Gasteiger partial charge on any atom is -0.496 e. The van der Waals surface area contributed by atoms with Gasteiger partial charge in [0.2, 0.25) is 10.0 Å². The molecule has 2 rings (SSSR count). The third-order valence-electron chi connectivity index (χ3n) is 4.25. The molecule has 1 atom stereocenters. The Morgan fingerprint density at radius 1 is 1.38 bits per heavy atom. The van der Waals surface area contributed by atoms with Gasteiger partial charge in [0.15, 0.2) is 0 Å². The van der Waals surface area contributed by atoms with E-state index in [-0.39, 0.29) is 6.04 Å². The molecule has 0 amide bonds. The molecule has 0 radical (unpaired) electrons. The van der Waals surface area contributed by atoms with E-state index in [0.717, 1.165) is 19.4 Å². The van der Waals surface area contributed by atoms with Crippen molar-refractivity contribution in [2.45, 2.75) is 23.8 Å². The van der Waals surface area contributed by atoms with Crippen LogP contribution in [0.1, 0.15) is 12.8 Å². The van der Waals surface area contributed by atoms with Gasteiger partial charge >= 0.3 is 0 Å².